The van der Waals surface area contributed by atoms with Gasteiger partial charge in [-0.05, 0) is 0 Å². The van der Waals surface area contributed by atoms with Crippen LogP contribution >= 0.6 is 13.5 Å². The van der Waals surface area contributed by atoms with Crippen molar-refractivity contribution in [3.63, 3.8) is 0 Å². The summed E-state index contributed by atoms with van der Waals surface area (Å²) in [5, 5.41) is 0. The molecule has 0 N–H and O–H groups in total. The molecule has 0 aromatic heterocycles. The second-order valence-electron chi connectivity index (χ2n) is 1.71. The van der Waals surface area contributed by atoms with E-state index in [1.807, 2.05) is 0 Å². The van der Waals surface area contributed by atoms with Crippen LogP contribution < -0.4 is 0 Å². The fourth-order valence-electron chi connectivity index (χ4n) is 0.500. The summed E-state index contributed by atoms with van der Waals surface area (Å²) < 4.78 is 0. The normalized spacial score (nSPS) is 7.71. The molecule has 0 spiro atoms. The van der Waals surface area contributed by atoms with Gasteiger partial charge in [0.25, 0.3) is 0 Å². The summed E-state index contributed by atoms with van der Waals surface area (Å²) >= 11 is 0. The Morgan fingerprint density at radius 2 is 1.14 bits per heavy atom. The second kappa shape index (κ2) is 9.61. The Morgan fingerprint density at radius 3 is 1.29 bits per heavy atom. The predicted molar refractivity (Wildman–Crippen MR) is 37.4 cm³/mol. The van der Waals surface area contributed by atoms with Crippen molar-refractivity contribution < 1.29 is 0 Å². The average Bonchev–Trinajstić information content (AvgIpc) is 1.61. The zero-order valence-electron chi connectivity index (χ0n) is 5.24. The van der Waals surface area contributed by atoms with Crippen molar-refractivity contribution in [1.82, 2.24) is 0 Å². The first-order chi connectivity index (χ1) is 2.91. The summed E-state index contributed by atoms with van der Waals surface area (Å²) in [6.07, 6.45) is 5.54. The van der Waals surface area contributed by atoms with Gasteiger partial charge in [0.2, 0.25) is 0 Å². The third kappa shape index (κ3) is 10.7. The first-order valence-corrected chi connectivity index (χ1v) is 2.91. The molecule has 0 fully saturated rings. The molecular weight excluding hydrogens is 104 g/mol. The van der Waals surface area contributed by atoms with Crippen molar-refractivity contribution in [3.8, 4) is 0 Å². The van der Waals surface area contributed by atoms with Crippen LogP contribution in [0, 0.1) is 0 Å². The fraction of sp³-hybridized carbons (Fsp3) is 1.00. The maximum Gasteiger partial charge on any atom is 0 e. The van der Waals surface area contributed by atoms with E-state index < -0.39 is 0 Å². The molecule has 0 aliphatic carbocycles. The van der Waals surface area contributed by atoms with Crippen molar-refractivity contribution >= 4 is 13.5 Å². The van der Waals surface area contributed by atoms with Gasteiger partial charge in [-0.25, -0.2) is 0 Å². The Hall–Kier alpha value is 0.350. The molecule has 0 atom stereocenters. The Bertz CT molecular complexity index is 16.1. The standard InChI is InChI=1S/C6H14.S/c1-3-5-6-4-2;/h3-6H2,1-2H3;. The van der Waals surface area contributed by atoms with Gasteiger partial charge in [0.15, 0.2) is 0 Å². The first-order valence-electron chi connectivity index (χ1n) is 2.91. The second-order valence-corrected chi connectivity index (χ2v) is 1.71. The van der Waals surface area contributed by atoms with Gasteiger partial charge in [-0.3, -0.25) is 0 Å². The number of hydrogen-bond donors (Lipinski definition) is 0. The Labute approximate surface area is 53.8 Å². The summed E-state index contributed by atoms with van der Waals surface area (Å²) in [6.45, 7) is 4.46. The molecule has 0 rings (SSSR count). The molecule has 0 amide bonds. The average molecular weight is 118 g/mol. The Kier molecular flexibility index (Phi) is 14.2. The molecule has 0 saturated carbocycles. The van der Waals surface area contributed by atoms with E-state index in [-0.39, 0.29) is 13.5 Å². The van der Waals surface area contributed by atoms with E-state index in [0.29, 0.717) is 0 Å². The minimum Gasteiger partial charge on any atom is -0.0654 e. The molecule has 1 heteroatoms. The lowest BCUT2D eigenvalue weighted by Crippen LogP contribution is -1.66. The van der Waals surface area contributed by atoms with Gasteiger partial charge in [-0.15, -0.1) is 0 Å². The van der Waals surface area contributed by atoms with E-state index in [2.05, 4.69) is 13.8 Å². The highest BCUT2D eigenvalue weighted by Crippen LogP contribution is 1.95. The van der Waals surface area contributed by atoms with Crippen LogP contribution in [0.5, 0.6) is 0 Å². The maximum atomic E-state index is 2.23. The molecular formula is C6H14S. The van der Waals surface area contributed by atoms with E-state index in [0.717, 1.165) is 0 Å². The molecule has 0 aliphatic rings. The van der Waals surface area contributed by atoms with E-state index >= 15 is 0 Å². The van der Waals surface area contributed by atoms with Crippen LogP contribution in [0.15, 0.2) is 0 Å². The van der Waals surface area contributed by atoms with Crippen LogP contribution in [0.2, 0.25) is 0 Å². The van der Waals surface area contributed by atoms with Crippen molar-refractivity contribution in [2.24, 2.45) is 0 Å². The molecule has 44 valence electrons. The fourth-order valence-corrected chi connectivity index (χ4v) is 0.500. The summed E-state index contributed by atoms with van der Waals surface area (Å²) in [4.78, 5) is 0. The lowest BCUT2D eigenvalue weighted by molar-refractivity contribution is 0.702. The molecule has 7 heavy (non-hydrogen) atoms. The van der Waals surface area contributed by atoms with Crippen LogP contribution in [0.4, 0.5) is 0 Å². The van der Waals surface area contributed by atoms with Crippen molar-refractivity contribution in [2.45, 2.75) is 39.5 Å². The molecule has 0 unspecified atom stereocenters. The summed E-state index contributed by atoms with van der Waals surface area (Å²) in [6, 6.07) is 0. The van der Waals surface area contributed by atoms with Gasteiger partial charge < -0.3 is 0 Å². The van der Waals surface area contributed by atoms with Gasteiger partial charge in [0.1, 0.15) is 0 Å². The summed E-state index contributed by atoms with van der Waals surface area (Å²) in [7, 11) is 0. The predicted octanol–water partition coefficient (Wildman–Crippen LogP) is 3.23. The van der Waals surface area contributed by atoms with Crippen LogP contribution in [-0.4, -0.2) is 0 Å². The highest BCUT2D eigenvalue weighted by molar-refractivity contribution is 7.59. The number of rotatable bonds is 3. The topological polar surface area (TPSA) is 0 Å². The molecule has 0 saturated heterocycles. The molecule has 0 aromatic rings. The van der Waals surface area contributed by atoms with E-state index in [9.17, 15) is 0 Å². The smallest absolute Gasteiger partial charge is 0 e. The monoisotopic (exact) mass is 118 g/mol. The third-order valence-corrected chi connectivity index (χ3v) is 0.957. The molecule has 0 nitrogen and oxygen atoms in total. The summed E-state index contributed by atoms with van der Waals surface area (Å²) in [5.74, 6) is 0. The van der Waals surface area contributed by atoms with E-state index in [1.54, 1.807) is 0 Å². The van der Waals surface area contributed by atoms with Gasteiger partial charge in [-0.2, -0.15) is 0 Å². The quantitative estimate of drug-likeness (QED) is 0.499. The van der Waals surface area contributed by atoms with Gasteiger partial charge >= 0.3 is 0 Å². The van der Waals surface area contributed by atoms with Crippen molar-refractivity contribution in [2.75, 3.05) is 0 Å². The van der Waals surface area contributed by atoms with Gasteiger partial charge in [0.05, 0.1) is 0 Å². The molecule has 0 aromatic carbocycles. The van der Waals surface area contributed by atoms with Crippen molar-refractivity contribution in [1.29, 1.82) is 0 Å². The highest BCUT2D eigenvalue weighted by atomic mass is 32.1. The van der Waals surface area contributed by atoms with E-state index in [4.69, 9.17) is 0 Å². The van der Waals surface area contributed by atoms with Crippen molar-refractivity contribution in [3.05, 3.63) is 0 Å². The lowest BCUT2D eigenvalue weighted by atomic mass is 10.2. The van der Waals surface area contributed by atoms with E-state index in [1.165, 1.54) is 25.7 Å². The summed E-state index contributed by atoms with van der Waals surface area (Å²) in [5.41, 5.74) is 0. The molecule has 2 radical (unpaired) electrons. The lowest BCUT2D eigenvalue weighted by Gasteiger charge is -1.86. The maximum absolute atomic E-state index is 2.23. The number of hydrogen-bond acceptors (Lipinski definition) is 0. The third-order valence-electron chi connectivity index (χ3n) is 0.957. The van der Waals surface area contributed by atoms with Crippen LogP contribution in [0.1, 0.15) is 39.5 Å². The SMILES string of the molecule is CCCCCC.[S]. The van der Waals surface area contributed by atoms with Gasteiger partial charge in [-0.1, -0.05) is 39.5 Å². The highest BCUT2D eigenvalue weighted by Gasteiger charge is 1.75. The largest absolute Gasteiger partial charge is 0.0654 e. The Balaban J connectivity index is 0. The minimum atomic E-state index is 0. The molecule has 0 heterocycles. The van der Waals surface area contributed by atoms with Crippen LogP contribution in [-0.2, 0) is 0 Å². The molecule has 0 aliphatic heterocycles. The number of unbranched alkanes of at least 4 members (excludes halogenated alkanes) is 3. The van der Waals surface area contributed by atoms with Crippen LogP contribution in [0.3, 0.4) is 0 Å². The Morgan fingerprint density at radius 1 is 0.857 bits per heavy atom. The minimum absolute atomic E-state index is 0. The van der Waals surface area contributed by atoms with Crippen LogP contribution in [0.25, 0.3) is 0 Å². The molecule has 0 bridgehead atoms. The first kappa shape index (κ1) is 10.4. The zero-order chi connectivity index (χ0) is 4.83. The zero-order valence-corrected chi connectivity index (χ0v) is 6.05. The van der Waals surface area contributed by atoms with Gasteiger partial charge in [0, 0.05) is 13.5 Å².